The monoisotopic (exact) mass is 317 g/mol. The smallest absolute Gasteiger partial charge is 0.216 e. The maximum Gasteiger partial charge on any atom is 0.216 e. The van der Waals surface area contributed by atoms with Crippen LogP contribution in [-0.4, -0.2) is 24.6 Å². The van der Waals surface area contributed by atoms with Crippen LogP contribution >= 0.6 is 11.3 Å². The number of nitrogens with zero attached hydrogens (tertiary/aromatic N) is 5. The van der Waals surface area contributed by atoms with Crippen molar-refractivity contribution in [2.45, 2.75) is 6.92 Å². The van der Waals surface area contributed by atoms with Crippen molar-refractivity contribution in [2.75, 3.05) is 0 Å². The SMILES string of the molecule is Cc1ccc(-c2nc3sc4nc5ccccc5nc4n3n2)cc1. The zero-order valence-electron chi connectivity index (χ0n) is 12.3. The number of hydrogen-bond donors (Lipinski definition) is 0. The van der Waals surface area contributed by atoms with E-state index in [1.54, 1.807) is 4.52 Å². The molecule has 3 heterocycles. The Hall–Kier alpha value is -2.86. The van der Waals surface area contributed by atoms with Gasteiger partial charge in [-0.1, -0.05) is 53.3 Å². The number of thiazole rings is 1. The predicted octanol–water partition coefficient (Wildman–Crippen LogP) is 3.86. The summed E-state index contributed by atoms with van der Waals surface area (Å²) in [7, 11) is 0. The van der Waals surface area contributed by atoms with Crippen molar-refractivity contribution in [1.82, 2.24) is 24.6 Å². The van der Waals surface area contributed by atoms with Crippen molar-refractivity contribution < 1.29 is 0 Å². The lowest BCUT2D eigenvalue weighted by molar-refractivity contribution is 1.00. The minimum absolute atomic E-state index is 0.716. The second-order valence-electron chi connectivity index (χ2n) is 5.44. The third-order valence-corrected chi connectivity index (χ3v) is 4.71. The number of aryl methyl sites for hydroxylation is 1. The Morgan fingerprint density at radius 1 is 0.870 bits per heavy atom. The van der Waals surface area contributed by atoms with Gasteiger partial charge in [0.15, 0.2) is 16.3 Å². The van der Waals surface area contributed by atoms with E-state index in [-0.39, 0.29) is 0 Å². The quantitative estimate of drug-likeness (QED) is 0.471. The van der Waals surface area contributed by atoms with Gasteiger partial charge in [0, 0.05) is 5.56 Å². The largest absolute Gasteiger partial charge is 0.232 e. The summed E-state index contributed by atoms with van der Waals surface area (Å²) in [5.74, 6) is 0.716. The lowest BCUT2D eigenvalue weighted by atomic mass is 10.1. The van der Waals surface area contributed by atoms with Gasteiger partial charge in [0.2, 0.25) is 4.96 Å². The Balaban J connectivity index is 1.76. The number of hydrogen-bond acceptors (Lipinski definition) is 5. The van der Waals surface area contributed by atoms with Crippen molar-refractivity contribution in [3.05, 3.63) is 54.1 Å². The van der Waals surface area contributed by atoms with E-state index >= 15 is 0 Å². The van der Waals surface area contributed by atoms with Gasteiger partial charge in [-0.3, -0.25) is 0 Å². The van der Waals surface area contributed by atoms with Crippen LogP contribution in [0.3, 0.4) is 0 Å². The van der Waals surface area contributed by atoms with Gasteiger partial charge in [-0.15, -0.1) is 5.10 Å². The Labute approximate surface area is 135 Å². The van der Waals surface area contributed by atoms with Crippen LogP contribution in [0.25, 0.3) is 37.9 Å². The van der Waals surface area contributed by atoms with Gasteiger partial charge in [-0.05, 0) is 19.1 Å². The number of rotatable bonds is 1. The summed E-state index contributed by atoms with van der Waals surface area (Å²) in [4.78, 5) is 15.6. The molecule has 0 bridgehead atoms. The van der Waals surface area contributed by atoms with Crippen LogP contribution in [0.15, 0.2) is 48.5 Å². The summed E-state index contributed by atoms with van der Waals surface area (Å²) in [5, 5.41) is 4.62. The average molecular weight is 317 g/mol. The Kier molecular flexibility index (Phi) is 2.51. The van der Waals surface area contributed by atoms with Crippen LogP contribution < -0.4 is 0 Å². The minimum atomic E-state index is 0.716. The van der Waals surface area contributed by atoms with Gasteiger partial charge in [0.05, 0.1) is 11.0 Å². The molecule has 0 saturated heterocycles. The normalized spacial score (nSPS) is 11.7. The molecule has 2 aromatic carbocycles. The maximum absolute atomic E-state index is 4.70. The molecule has 0 aliphatic heterocycles. The second kappa shape index (κ2) is 4.57. The molecule has 0 aliphatic rings. The molecule has 6 heteroatoms. The van der Waals surface area contributed by atoms with E-state index in [9.17, 15) is 0 Å². The molecule has 0 atom stereocenters. The van der Waals surface area contributed by atoms with E-state index in [0.29, 0.717) is 5.82 Å². The van der Waals surface area contributed by atoms with Crippen molar-refractivity contribution >= 4 is 37.8 Å². The molecule has 23 heavy (non-hydrogen) atoms. The molecule has 0 aliphatic carbocycles. The molecule has 3 aromatic heterocycles. The molecular weight excluding hydrogens is 306 g/mol. The lowest BCUT2D eigenvalue weighted by Crippen LogP contribution is -1.90. The zero-order valence-corrected chi connectivity index (χ0v) is 13.1. The number of benzene rings is 2. The molecule has 0 unspecified atom stereocenters. The summed E-state index contributed by atoms with van der Waals surface area (Å²) >= 11 is 1.51. The van der Waals surface area contributed by atoms with E-state index < -0.39 is 0 Å². The summed E-state index contributed by atoms with van der Waals surface area (Å²) in [6.45, 7) is 2.07. The highest BCUT2D eigenvalue weighted by atomic mass is 32.1. The van der Waals surface area contributed by atoms with Crippen LogP contribution in [0.2, 0.25) is 0 Å². The van der Waals surface area contributed by atoms with E-state index in [4.69, 9.17) is 4.98 Å². The summed E-state index contributed by atoms with van der Waals surface area (Å²) in [6, 6.07) is 16.1. The van der Waals surface area contributed by atoms with Crippen LogP contribution in [0.5, 0.6) is 0 Å². The van der Waals surface area contributed by atoms with Crippen LogP contribution in [-0.2, 0) is 0 Å². The molecule has 5 rings (SSSR count). The van der Waals surface area contributed by atoms with Gasteiger partial charge in [-0.2, -0.15) is 9.50 Å². The molecule has 0 saturated carbocycles. The van der Waals surface area contributed by atoms with Crippen molar-refractivity contribution in [3.8, 4) is 11.4 Å². The molecule has 0 spiro atoms. The van der Waals surface area contributed by atoms with Gasteiger partial charge in [-0.25, -0.2) is 9.97 Å². The summed E-state index contributed by atoms with van der Waals surface area (Å²) in [6.07, 6.45) is 0. The average Bonchev–Trinajstić information content (AvgIpc) is 3.11. The van der Waals surface area contributed by atoms with Crippen LogP contribution in [0.4, 0.5) is 0 Å². The summed E-state index contributed by atoms with van der Waals surface area (Å²) in [5.41, 5.74) is 4.75. The summed E-state index contributed by atoms with van der Waals surface area (Å²) < 4.78 is 1.79. The fraction of sp³-hybridized carbons (Fsp3) is 0.0588. The van der Waals surface area contributed by atoms with E-state index in [2.05, 4.69) is 34.1 Å². The van der Waals surface area contributed by atoms with Crippen molar-refractivity contribution in [3.63, 3.8) is 0 Å². The third-order valence-electron chi connectivity index (χ3n) is 3.80. The molecule has 5 nitrogen and oxygen atoms in total. The van der Waals surface area contributed by atoms with Crippen LogP contribution in [0, 0.1) is 6.92 Å². The molecular formula is C17H11N5S. The van der Waals surface area contributed by atoms with Gasteiger partial charge in [0.1, 0.15) is 0 Å². The second-order valence-corrected chi connectivity index (χ2v) is 6.39. The topological polar surface area (TPSA) is 56.0 Å². The number of aromatic nitrogens is 5. The van der Waals surface area contributed by atoms with Crippen molar-refractivity contribution in [2.24, 2.45) is 0 Å². The highest BCUT2D eigenvalue weighted by Gasteiger charge is 2.14. The van der Waals surface area contributed by atoms with Gasteiger partial charge < -0.3 is 0 Å². The molecule has 110 valence electrons. The molecule has 0 N–H and O–H groups in total. The first-order valence-corrected chi connectivity index (χ1v) is 8.09. The van der Waals surface area contributed by atoms with E-state index in [1.807, 2.05) is 36.4 Å². The third kappa shape index (κ3) is 1.92. The fourth-order valence-electron chi connectivity index (χ4n) is 2.59. The van der Waals surface area contributed by atoms with Crippen molar-refractivity contribution in [1.29, 1.82) is 0 Å². The maximum atomic E-state index is 4.70. The molecule has 0 amide bonds. The predicted molar refractivity (Wildman–Crippen MR) is 91.6 cm³/mol. The molecule has 5 aromatic rings. The highest BCUT2D eigenvalue weighted by molar-refractivity contribution is 7.23. The Morgan fingerprint density at radius 2 is 1.61 bits per heavy atom. The van der Waals surface area contributed by atoms with E-state index in [1.165, 1.54) is 16.9 Å². The first-order valence-electron chi connectivity index (χ1n) is 7.27. The van der Waals surface area contributed by atoms with E-state index in [0.717, 1.165) is 32.0 Å². The lowest BCUT2D eigenvalue weighted by Gasteiger charge is -1.97. The Bertz CT molecular complexity index is 1170. The molecule has 0 fully saturated rings. The number of para-hydroxylation sites is 2. The minimum Gasteiger partial charge on any atom is -0.232 e. The molecule has 0 radical (unpaired) electrons. The highest BCUT2D eigenvalue weighted by Crippen LogP contribution is 2.26. The standard InChI is InChI=1S/C17H11N5S/c1-10-6-8-11(9-7-10)14-20-17-22(21-14)15-16(23-17)19-13-5-3-2-4-12(13)18-15/h2-9H,1H3. The van der Waals surface area contributed by atoms with Gasteiger partial charge >= 0.3 is 0 Å². The fourth-order valence-corrected chi connectivity index (χ4v) is 3.48. The first-order chi connectivity index (χ1) is 11.3. The van der Waals surface area contributed by atoms with Crippen LogP contribution in [0.1, 0.15) is 5.56 Å². The van der Waals surface area contributed by atoms with Gasteiger partial charge in [0.25, 0.3) is 0 Å². The zero-order chi connectivity index (χ0) is 15.4. The first kappa shape index (κ1) is 12.7. The number of fused-ring (bicyclic) bond motifs is 4. The Morgan fingerprint density at radius 3 is 2.39 bits per heavy atom.